The van der Waals surface area contributed by atoms with Gasteiger partial charge in [0.2, 0.25) is 0 Å². The third-order valence-corrected chi connectivity index (χ3v) is 5.61. The van der Waals surface area contributed by atoms with E-state index in [2.05, 4.69) is 43.6 Å². The van der Waals surface area contributed by atoms with Gasteiger partial charge in [-0.3, -0.25) is 0 Å². The fourth-order valence-corrected chi connectivity index (χ4v) is 3.77. The van der Waals surface area contributed by atoms with Crippen molar-refractivity contribution in [3.8, 4) is 0 Å². The van der Waals surface area contributed by atoms with Crippen LogP contribution in [0.5, 0.6) is 0 Å². The number of rotatable bonds is 7. The van der Waals surface area contributed by atoms with Crippen molar-refractivity contribution >= 4 is 15.9 Å². The van der Waals surface area contributed by atoms with Crippen LogP contribution in [0.2, 0.25) is 0 Å². The maximum atomic E-state index is 6.32. The highest BCUT2D eigenvalue weighted by Gasteiger charge is 2.36. The lowest BCUT2D eigenvalue weighted by Gasteiger charge is -2.40. The van der Waals surface area contributed by atoms with Crippen LogP contribution < -0.4 is 0 Å². The van der Waals surface area contributed by atoms with Gasteiger partial charge in [-0.1, -0.05) is 50.0 Å². The first kappa shape index (κ1) is 16.5. The highest BCUT2D eigenvalue weighted by Crippen LogP contribution is 2.39. The third kappa shape index (κ3) is 4.85. The largest absolute Gasteiger partial charge is 0.374 e. The van der Waals surface area contributed by atoms with E-state index >= 15 is 0 Å². The lowest BCUT2D eigenvalue weighted by molar-refractivity contribution is -0.0754. The van der Waals surface area contributed by atoms with Gasteiger partial charge in [-0.15, -0.1) is 0 Å². The van der Waals surface area contributed by atoms with E-state index in [0.717, 1.165) is 23.8 Å². The van der Waals surface area contributed by atoms with Gasteiger partial charge in [0.1, 0.15) is 0 Å². The van der Waals surface area contributed by atoms with Gasteiger partial charge < -0.3 is 4.74 Å². The Morgan fingerprint density at radius 1 is 1.22 bits per heavy atom. The summed E-state index contributed by atoms with van der Waals surface area (Å²) in [5, 5.41) is 1.00. The quantitative estimate of drug-likeness (QED) is 0.569. The molecule has 0 aromatic heterocycles. The predicted octanol–water partition coefficient (Wildman–Crippen LogP) is 5.42. The summed E-state index contributed by atoms with van der Waals surface area (Å²) >= 11 is 3.69. The summed E-state index contributed by atoms with van der Waals surface area (Å²) in [5.41, 5.74) is 0.132. The van der Waals surface area contributed by atoms with Crippen LogP contribution in [0.15, 0.2) is 0 Å². The van der Waals surface area contributed by atoms with Gasteiger partial charge in [-0.2, -0.15) is 0 Å². The van der Waals surface area contributed by atoms with Crippen LogP contribution in [-0.4, -0.2) is 17.5 Å². The lowest BCUT2D eigenvalue weighted by Crippen LogP contribution is -2.40. The highest BCUT2D eigenvalue weighted by atomic mass is 79.9. The van der Waals surface area contributed by atoms with Gasteiger partial charge in [-0.25, -0.2) is 0 Å². The minimum atomic E-state index is 0.132. The fraction of sp³-hybridized carbons (Fsp3) is 1.00. The molecule has 0 saturated heterocycles. The molecule has 1 atom stereocenters. The first-order valence-corrected chi connectivity index (χ1v) is 8.85. The van der Waals surface area contributed by atoms with E-state index in [1.807, 2.05) is 0 Å². The van der Waals surface area contributed by atoms with Gasteiger partial charge >= 0.3 is 0 Å². The van der Waals surface area contributed by atoms with Gasteiger partial charge in [0.15, 0.2) is 0 Å². The van der Waals surface area contributed by atoms with E-state index in [1.165, 1.54) is 38.5 Å². The van der Waals surface area contributed by atoms with Crippen LogP contribution >= 0.6 is 15.9 Å². The van der Waals surface area contributed by atoms with Crippen LogP contribution in [0.3, 0.4) is 0 Å². The predicted molar refractivity (Wildman–Crippen MR) is 83.3 cm³/mol. The van der Waals surface area contributed by atoms with Crippen LogP contribution in [-0.2, 0) is 4.74 Å². The minimum absolute atomic E-state index is 0.132. The Kier molecular flexibility index (Phi) is 7.23. The molecule has 1 saturated carbocycles. The summed E-state index contributed by atoms with van der Waals surface area (Å²) in [6.45, 7) is 10.2. The van der Waals surface area contributed by atoms with E-state index in [4.69, 9.17) is 4.74 Å². The zero-order valence-corrected chi connectivity index (χ0v) is 14.3. The number of alkyl halides is 1. The average molecular weight is 319 g/mol. The van der Waals surface area contributed by atoms with Crippen molar-refractivity contribution in [3.63, 3.8) is 0 Å². The molecule has 1 unspecified atom stereocenters. The summed E-state index contributed by atoms with van der Waals surface area (Å²) in [6, 6.07) is 0. The van der Waals surface area contributed by atoms with Crippen molar-refractivity contribution in [1.29, 1.82) is 0 Å². The molecule has 0 N–H and O–H groups in total. The van der Waals surface area contributed by atoms with E-state index in [-0.39, 0.29) is 5.60 Å². The molecule has 1 nitrogen and oxygen atoms in total. The highest BCUT2D eigenvalue weighted by molar-refractivity contribution is 9.09. The Morgan fingerprint density at radius 2 is 1.83 bits per heavy atom. The summed E-state index contributed by atoms with van der Waals surface area (Å²) in [5.74, 6) is 2.44. The molecule has 0 aromatic rings. The Hall–Kier alpha value is 0.440. The van der Waals surface area contributed by atoms with Crippen LogP contribution in [0.1, 0.15) is 66.2 Å². The zero-order valence-electron chi connectivity index (χ0n) is 12.7. The molecule has 2 heteroatoms. The van der Waals surface area contributed by atoms with Crippen LogP contribution in [0.4, 0.5) is 0 Å². The maximum absolute atomic E-state index is 6.32. The standard InChI is InChI=1S/C16H31BrO/c1-5-6-14(4)11-18-16(12-17)9-7-15(8-10-16)13(2)3/h13-15H,5-12H2,1-4H3. The number of halogens is 1. The van der Waals surface area contributed by atoms with Gasteiger partial charge in [0.25, 0.3) is 0 Å². The van der Waals surface area contributed by atoms with Crippen molar-refractivity contribution in [2.45, 2.75) is 71.8 Å². The molecular formula is C16H31BrO. The van der Waals surface area contributed by atoms with Crippen LogP contribution in [0, 0.1) is 17.8 Å². The second kappa shape index (κ2) is 7.89. The Bertz CT molecular complexity index is 219. The molecule has 0 aromatic carbocycles. The summed E-state index contributed by atoms with van der Waals surface area (Å²) in [6.07, 6.45) is 7.70. The summed E-state index contributed by atoms with van der Waals surface area (Å²) < 4.78 is 6.32. The number of hydrogen-bond acceptors (Lipinski definition) is 1. The van der Waals surface area contributed by atoms with Gasteiger partial charge in [-0.05, 0) is 49.9 Å². The fourth-order valence-electron chi connectivity index (χ4n) is 3.04. The Labute approximate surface area is 122 Å². The second-order valence-corrected chi connectivity index (χ2v) is 7.16. The molecule has 1 aliphatic carbocycles. The smallest absolute Gasteiger partial charge is 0.0779 e. The SMILES string of the molecule is CCCC(C)COC1(CBr)CCC(C(C)C)CC1. The zero-order chi connectivity index (χ0) is 13.6. The lowest BCUT2D eigenvalue weighted by atomic mass is 9.75. The van der Waals surface area contributed by atoms with E-state index < -0.39 is 0 Å². The normalized spacial score (nSPS) is 30.7. The van der Waals surface area contributed by atoms with E-state index in [1.54, 1.807) is 0 Å². The molecule has 18 heavy (non-hydrogen) atoms. The molecule has 0 radical (unpaired) electrons. The van der Waals surface area contributed by atoms with Gasteiger partial charge in [0, 0.05) is 11.9 Å². The van der Waals surface area contributed by atoms with E-state index in [0.29, 0.717) is 5.92 Å². The topological polar surface area (TPSA) is 9.23 Å². The minimum Gasteiger partial charge on any atom is -0.374 e. The average Bonchev–Trinajstić information content (AvgIpc) is 2.37. The van der Waals surface area contributed by atoms with Crippen molar-refractivity contribution < 1.29 is 4.74 Å². The monoisotopic (exact) mass is 318 g/mol. The number of hydrogen-bond donors (Lipinski definition) is 0. The Balaban J connectivity index is 2.40. The third-order valence-electron chi connectivity index (χ3n) is 4.58. The molecule has 0 spiro atoms. The molecule has 0 heterocycles. The van der Waals surface area contributed by atoms with Crippen LogP contribution in [0.25, 0.3) is 0 Å². The molecule has 0 aliphatic heterocycles. The van der Waals surface area contributed by atoms with Crippen molar-refractivity contribution in [1.82, 2.24) is 0 Å². The molecule has 108 valence electrons. The van der Waals surface area contributed by atoms with Crippen molar-refractivity contribution in [3.05, 3.63) is 0 Å². The maximum Gasteiger partial charge on any atom is 0.0779 e. The van der Waals surface area contributed by atoms with Crippen molar-refractivity contribution in [2.24, 2.45) is 17.8 Å². The molecular weight excluding hydrogens is 288 g/mol. The first-order valence-electron chi connectivity index (χ1n) is 7.73. The number of ether oxygens (including phenoxy) is 1. The summed E-state index contributed by atoms with van der Waals surface area (Å²) in [7, 11) is 0. The molecule has 1 fully saturated rings. The Morgan fingerprint density at radius 3 is 2.28 bits per heavy atom. The summed E-state index contributed by atoms with van der Waals surface area (Å²) in [4.78, 5) is 0. The van der Waals surface area contributed by atoms with Gasteiger partial charge in [0.05, 0.1) is 5.60 Å². The van der Waals surface area contributed by atoms with Crippen molar-refractivity contribution in [2.75, 3.05) is 11.9 Å². The first-order chi connectivity index (χ1) is 8.53. The molecule has 1 aliphatic rings. The molecule has 1 rings (SSSR count). The van der Waals surface area contributed by atoms with E-state index in [9.17, 15) is 0 Å². The molecule has 0 bridgehead atoms. The second-order valence-electron chi connectivity index (χ2n) is 6.60. The molecule has 0 amide bonds.